The number of nitrogens with two attached hydrogens (primary N) is 2. The molecule has 0 spiro atoms. The van der Waals surface area contributed by atoms with Gasteiger partial charge < -0.3 is 11.5 Å². The van der Waals surface area contributed by atoms with E-state index < -0.39 is 0 Å². The van der Waals surface area contributed by atoms with Crippen molar-refractivity contribution in [3.8, 4) is 0 Å². The molecule has 0 aromatic rings. The summed E-state index contributed by atoms with van der Waals surface area (Å²) in [6, 6.07) is 0.641. The molecule has 0 heterocycles. The zero-order valence-corrected chi connectivity index (χ0v) is 8.29. The minimum absolute atomic E-state index is 0.321. The van der Waals surface area contributed by atoms with Crippen LogP contribution in [0.2, 0.25) is 0 Å². The smallest absolute Gasteiger partial charge is 0.00419 e. The first-order valence-electron chi connectivity index (χ1n) is 5.14. The summed E-state index contributed by atoms with van der Waals surface area (Å²) in [7, 11) is 0. The van der Waals surface area contributed by atoms with Crippen LogP contribution < -0.4 is 11.5 Å². The molecule has 12 heavy (non-hydrogen) atoms. The molecule has 0 bridgehead atoms. The van der Waals surface area contributed by atoms with Crippen molar-refractivity contribution >= 4 is 0 Å². The summed E-state index contributed by atoms with van der Waals surface area (Å²) in [6.45, 7) is 4.23. The third-order valence-electron chi connectivity index (χ3n) is 3.23. The van der Waals surface area contributed by atoms with Crippen LogP contribution in [0, 0.1) is 11.8 Å². The Kier molecular flexibility index (Phi) is 3.53. The van der Waals surface area contributed by atoms with E-state index in [-0.39, 0.29) is 0 Å². The lowest BCUT2D eigenvalue weighted by molar-refractivity contribution is 0.184. The van der Waals surface area contributed by atoms with Crippen LogP contribution in [0.4, 0.5) is 0 Å². The number of rotatable bonds is 2. The van der Waals surface area contributed by atoms with Crippen molar-refractivity contribution in [3.05, 3.63) is 0 Å². The van der Waals surface area contributed by atoms with E-state index in [1.807, 2.05) is 0 Å². The molecule has 0 aromatic carbocycles. The topological polar surface area (TPSA) is 52.0 Å². The van der Waals surface area contributed by atoms with E-state index >= 15 is 0 Å². The molecule has 0 radical (unpaired) electrons. The van der Waals surface area contributed by atoms with E-state index in [0.717, 1.165) is 0 Å². The molecule has 1 saturated carbocycles. The fourth-order valence-electron chi connectivity index (χ4n) is 2.49. The van der Waals surface area contributed by atoms with Crippen molar-refractivity contribution in [1.82, 2.24) is 0 Å². The molecule has 2 nitrogen and oxygen atoms in total. The fraction of sp³-hybridized carbons (Fsp3) is 1.00. The molecule has 1 rings (SSSR count). The van der Waals surface area contributed by atoms with Gasteiger partial charge in [-0.05, 0) is 38.5 Å². The van der Waals surface area contributed by atoms with Gasteiger partial charge in [0.15, 0.2) is 0 Å². The molecule has 0 amide bonds. The Bertz CT molecular complexity index is 116. The van der Waals surface area contributed by atoms with Gasteiger partial charge in [-0.2, -0.15) is 0 Å². The highest BCUT2D eigenvalue weighted by Gasteiger charge is 2.29. The van der Waals surface area contributed by atoms with Crippen molar-refractivity contribution in [2.45, 2.75) is 51.6 Å². The van der Waals surface area contributed by atoms with Crippen molar-refractivity contribution in [2.24, 2.45) is 23.3 Å². The lowest BCUT2D eigenvalue weighted by Gasteiger charge is -2.36. The Balaban J connectivity index is 2.54. The lowest BCUT2D eigenvalue weighted by atomic mass is 9.73. The largest absolute Gasteiger partial charge is 0.328 e. The van der Waals surface area contributed by atoms with Gasteiger partial charge in [-0.3, -0.25) is 0 Å². The minimum atomic E-state index is 0.321. The highest BCUT2D eigenvalue weighted by atomic mass is 14.7. The van der Waals surface area contributed by atoms with E-state index in [4.69, 9.17) is 11.5 Å². The molecule has 0 saturated heterocycles. The van der Waals surface area contributed by atoms with Gasteiger partial charge in [-0.1, -0.05) is 12.8 Å². The summed E-state index contributed by atoms with van der Waals surface area (Å²) >= 11 is 0. The Labute approximate surface area is 75.7 Å². The fourth-order valence-corrected chi connectivity index (χ4v) is 2.49. The van der Waals surface area contributed by atoms with Gasteiger partial charge in [-0.15, -0.1) is 0 Å². The highest BCUT2D eigenvalue weighted by molar-refractivity contribution is 4.85. The van der Waals surface area contributed by atoms with Crippen molar-refractivity contribution in [1.29, 1.82) is 0 Å². The molecule has 4 atom stereocenters. The normalized spacial score (nSPS) is 36.0. The van der Waals surface area contributed by atoms with E-state index in [1.54, 1.807) is 0 Å². The second kappa shape index (κ2) is 4.24. The summed E-state index contributed by atoms with van der Waals surface area (Å²) in [5, 5.41) is 0. The monoisotopic (exact) mass is 170 g/mol. The molecule has 4 N–H and O–H groups in total. The first-order chi connectivity index (χ1) is 5.63. The maximum Gasteiger partial charge on any atom is 0.00419 e. The summed E-state index contributed by atoms with van der Waals surface area (Å²) in [4.78, 5) is 0. The number of hydrogen-bond acceptors (Lipinski definition) is 2. The molecular weight excluding hydrogens is 148 g/mol. The Morgan fingerprint density at radius 3 is 1.50 bits per heavy atom. The third kappa shape index (κ3) is 2.20. The average molecular weight is 170 g/mol. The van der Waals surface area contributed by atoms with Gasteiger partial charge >= 0.3 is 0 Å². The molecule has 4 unspecified atom stereocenters. The van der Waals surface area contributed by atoms with Crippen LogP contribution in [-0.4, -0.2) is 12.1 Å². The summed E-state index contributed by atoms with van der Waals surface area (Å²) in [6.07, 6.45) is 5.25. The van der Waals surface area contributed by atoms with Gasteiger partial charge in [0, 0.05) is 12.1 Å². The molecule has 0 aromatic heterocycles. The summed E-state index contributed by atoms with van der Waals surface area (Å²) in [5.74, 6) is 1.33. The molecular formula is C10H22N2. The minimum Gasteiger partial charge on any atom is -0.328 e. The van der Waals surface area contributed by atoms with Crippen molar-refractivity contribution in [2.75, 3.05) is 0 Å². The predicted molar refractivity (Wildman–Crippen MR) is 52.7 cm³/mol. The van der Waals surface area contributed by atoms with Crippen LogP contribution in [0.15, 0.2) is 0 Å². The van der Waals surface area contributed by atoms with Crippen LogP contribution in [0.25, 0.3) is 0 Å². The number of hydrogen-bond donors (Lipinski definition) is 2. The van der Waals surface area contributed by atoms with E-state index in [2.05, 4.69) is 13.8 Å². The van der Waals surface area contributed by atoms with Crippen LogP contribution in [-0.2, 0) is 0 Å². The Morgan fingerprint density at radius 1 is 0.917 bits per heavy atom. The molecule has 1 fully saturated rings. The van der Waals surface area contributed by atoms with Crippen LogP contribution in [0.1, 0.15) is 39.5 Å². The molecule has 1 aliphatic carbocycles. The first kappa shape index (κ1) is 10.0. The molecule has 0 aliphatic heterocycles. The Morgan fingerprint density at radius 2 is 1.25 bits per heavy atom. The second-order valence-electron chi connectivity index (χ2n) is 4.33. The molecule has 1 aliphatic rings. The average Bonchev–Trinajstić information content (AvgIpc) is 2.04. The van der Waals surface area contributed by atoms with Crippen LogP contribution >= 0.6 is 0 Å². The van der Waals surface area contributed by atoms with Gasteiger partial charge in [-0.25, -0.2) is 0 Å². The van der Waals surface area contributed by atoms with E-state index in [1.165, 1.54) is 25.7 Å². The predicted octanol–water partition coefficient (Wildman–Crippen LogP) is 1.49. The lowest BCUT2D eigenvalue weighted by Crippen LogP contribution is -2.42. The van der Waals surface area contributed by atoms with Crippen molar-refractivity contribution < 1.29 is 0 Å². The molecule has 2 heteroatoms. The first-order valence-corrected chi connectivity index (χ1v) is 5.14. The quantitative estimate of drug-likeness (QED) is 0.659. The standard InChI is InChI=1S/C10H22N2/c1-7(11)9-5-3-4-6-10(9)8(2)12/h7-10H,3-6,11-12H2,1-2H3. The summed E-state index contributed by atoms with van der Waals surface area (Å²) < 4.78 is 0. The molecule has 72 valence electrons. The van der Waals surface area contributed by atoms with Crippen molar-refractivity contribution in [3.63, 3.8) is 0 Å². The van der Waals surface area contributed by atoms with Gasteiger partial charge in [0.05, 0.1) is 0 Å². The van der Waals surface area contributed by atoms with Crippen LogP contribution in [0.5, 0.6) is 0 Å². The van der Waals surface area contributed by atoms with E-state index in [9.17, 15) is 0 Å². The SMILES string of the molecule is CC(N)C1CCCCC1C(C)N. The van der Waals surface area contributed by atoms with E-state index in [0.29, 0.717) is 23.9 Å². The third-order valence-corrected chi connectivity index (χ3v) is 3.23. The second-order valence-corrected chi connectivity index (χ2v) is 4.33. The highest BCUT2D eigenvalue weighted by Crippen LogP contribution is 2.33. The maximum atomic E-state index is 5.94. The van der Waals surface area contributed by atoms with Gasteiger partial charge in [0.25, 0.3) is 0 Å². The maximum absolute atomic E-state index is 5.94. The van der Waals surface area contributed by atoms with Crippen LogP contribution in [0.3, 0.4) is 0 Å². The van der Waals surface area contributed by atoms with Gasteiger partial charge in [0.2, 0.25) is 0 Å². The van der Waals surface area contributed by atoms with Gasteiger partial charge in [0.1, 0.15) is 0 Å². The Hall–Kier alpha value is -0.0800. The zero-order valence-electron chi connectivity index (χ0n) is 8.29. The summed E-state index contributed by atoms with van der Waals surface area (Å²) in [5.41, 5.74) is 11.9. The zero-order chi connectivity index (χ0) is 9.14.